The third-order valence-corrected chi connectivity index (χ3v) is 10.9. The van der Waals surface area contributed by atoms with Gasteiger partial charge in [0.1, 0.15) is 55.0 Å². The first kappa shape index (κ1) is 43.9. The number of ether oxygens (including phenoxy) is 4. The van der Waals surface area contributed by atoms with Crippen LogP contribution in [0, 0.1) is 12.8 Å². The van der Waals surface area contributed by atoms with Crippen LogP contribution in [0.1, 0.15) is 128 Å². The zero-order chi connectivity index (χ0) is 39.7. The van der Waals surface area contributed by atoms with Crippen molar-refractivity contribution >= 4 is 35.3 Å². The number of ketones is 1. The standard InChI is InChI=1S/C38H56FN5O10S/c1-3-4-5-6-7-8-9-10-11-12-13-14-27(45)19-26(15-16-33(46)51-23-34-54-32(24-55-34)43-18-17-30(40)41-37(43)49)36(48)52-22-29-28(39)20-31(53-29)44-21-25(2)35(47)42-38(44)50/h17-18,21,26,28-29,31-32,34H,3-16,19-20,22-24H2,1-2H3,(H2,40,41,49)(H,42,47,50)/t26-,28-,29+,31+,32?,34?/m0/s1. The summed E-state index contributed by atoms with van der Waals surface area (Å²) < 4.78 is 39.8. The van der Waals surface area contributed by atoms with Crippen LogP contribution in [0.3, 0.4) is 0 Å². The van der Waals surface area contributed by atoms with Gasteiger partial charge in [-0.3, -0.25) is 33.3 Å². The van der Waals surface area contributed by atoms with Crippen LogP contribution in [0.2, 0.25) is 0 Å². The van der Waals surface area contributed by atoms with E-state index in [1.165, 1.54) is 86.7 Å². The Morgan fingerprint density at radius 1 is 0.964 bits per heavy atom. The number of esters is 2. The molecule has 0 saturated carbocycles. The number of halogens is 1. The maximum absolute atomic E-state index is 15.0. The van der Waals surface area contributed by atoms with E-state index in [2.05, 4.69) is 16.9 Å². The number of carbonyl (C=O) groups excluding carboxylic acids is 3. The van der Waals surface area contributed by atoms with E-state index >= 15 is 0 Å². The van der Waals surface area contributed by atoms with Crippen molar-refractivity contribution < 1.29 is 37.7 Å². The first-order chi connectivity index (χ1) is 26.4. The molecule has 6 atom stereocenters. The average Bonchev–Trinajstić information content (AvgIpc) is 3.78. The Balaban J connectivity index is 1.25. The molecule has 0 radical (unpaired) electrons. The molecule has 17 heteroatoms. The number of nitrogens with two attached hydrogens (primary N) is 1. The van der Waals surface area contributed by atoms with Gasteiger partial charge < -0.3 is 24.7 Å². The Morgan fingerprint density at radius 2 is 1.65 bits per heavy atom. The number of aromatic nitrogens is 4. The Kier molecular flexibility index (Phi) is 18.1. The Bertz CT molecular complexity index is 1730. The highest BCUT2D eigenvalue weighted by molar-refractivity contribution is 8.00. The number of nitrogens with zero attached hydrogens (tertiary/aromatic N) is 3. The van der Waals surface area contributed by atoms with Gasteiger partial charge in [-0.05, 0) is 25.8 Å². The van der Waals surface area contributed by atoms with Gasteiger partial charge in [-0.1, -0.05) is 71.1 Å². The third-order valence-electron chi connectivity index (χ3n) is 9.85. The summed E-state index contributed by atoms with van der Waals surface area (Å²) in [5, 5.41) is 0. The fourth-order valence-electron chi connectivity index (χ4n) is 6.61. The second kappa shape index (κ2) is 22.7. The summed E-state index contributed by atoms with van der Waals surface area (Å²) in [6.07, 6.45) is 10.7. The van der Waals surface area contributed by atoms with Crippen molar-refractivity contribution in [2.24, 2.45) is 5.92 Å². The Labute approximate surface area is 324 Å². The summed E-state index contributed by atoms with van der Waals surface area (Å²) in [5.41, 5.74) is 3.41. The SMILES string of the molecule is CCCCCCCCCCCCCC(=O)C[C@H](CCC(=O)OCC1OC(n2ccc(N)nc2=O)CS1)C(=O)OC[C@H]1O[C@@H](n2cc(C)c(=O)[nH]c2=O)C[C@@H]1F. The van der Waals surface area contributed by atoms with E-state index in [4.69, 9.17) is 24.7 Å². The van der Waals surface area contributed by atoms with Crippen LogP contribution >= 0.6 is 11.8 Å². The molecule has 55 heavy (non-hydrogen) atoms. The zero-order valence-electron chi connectivity index (χ0n) is 31.9. The first-order valence-electron chi connectivity index (χ1n) is 19.5. The van der Waals surface area contributed by atoms with Gasteiger partial charge in [0.25, 0.3) is 5.56 Å². The van der Waals surface area contributed by atoms with Crippen molar-refractivity contribution in [3.63, 3.8) is 0 Å². The smallest absolute Gasteiger partial charge is 0.351 e. The normalized spacial score (nSPS) is 21.4. The molecule has 4 heterocycles. The number of hydrogen-bond donors (Lipinski definition) is 2. The first-order valence-corrected chi connectivity index (χ1v) is 20.6. The highest BCUT2D eigenvalue weighted by Gasteiger charge is 2.38. The van der Waals surface area contributed by atoms with Gasteiger partial charge in [-0.25, -0.2) is 14.0 Å². The number of anilines is 1. The number of alkyl halides is 1. The lowest BCUT2D eigenvalue weighted by Crippen LogP contribution is -2.33. The van der Waals surface area contributed by atoms with Gasteiger partial charge in [-0.15, -0.1) is 11.8 Å². The molecule has 0 amide bonds. The maximum Gasteiger partial charge on any atom is 0.351 e. The molecule has 2 saturated heterocycles. The van der Waals surface area contributed by atoms with Crippen LogP contribution in [0.4, 0.5) is 10.2 Å². The van der Waals surface area contributed by atoms with Crippen LogP contribution in [-0.2, 0) is 33.3 Å². The van der Waals surface area contributed by atoms with Gasteiger partial charge in [-0.2, -0.15) is 4.98 Å². The van der Waals surface area contributed by atoms with E-state index in [9.17, 15) is 33.2 Å². The van der Waals surface area contributed by atoms with E-state index in [0.29, 0.717) is 18.6 Å². The zero-order valence-corrected chi connectivity index (χ0v) is 32.7. The van der Waals surface area contributed by atoms with Crippen LogP contribution in [-0.4, -0.2) is 73.5 Å². The molecule has 3 N–H and O–H groups in total. The number of unbranched alkanes of at least 4 members (excludes halogenated alkanes) is 10. The molecular formula is C38H56FN5O10S. The summed E-state index contributed by atoms with van der Waals surface area (Å²) in [4.78, 5) is 81.2. The molecule has 2 fully saturated rings. The van der Waals surface area contributed by atoms with Crippen LogP contribution in [0.5, 0.6) is 0 Å². The lowest BCUT2D eigenvalue weighted by atomic mass is 9.94. The summed E-state index contributed by atoms with van der Waals surface area (Å²) in [6, 6.07) is 1.48. The number of aromatic amines is 1. The maximum atomic E-state index is 15.0. The van der Waals surface area contributed by atoms with Crippen molar-refractivity contribution in [1.29, 1.82) is 0 Å². The fourth-order valence-corrected chi connectivity index (χ4v) is 7.59. The van der Waals surface area contributed by atoms with Crippen molar-refractivity contribution in [3.8, 4) is 0 Å². The molecule has 4 rings (SSSR count). The lowest BCUT2D eigenvalue weighted by Gasteiger charge is -2.19. The van der Waals surface area contributed by atoms with Gasteiger partial charge in [0, 0.05) is 49.4 Å². The molecule has 2 unspecified atom stereocenters. The second-order valence-electron chi connectivity index (χ2n) is 14.3. The minimum absolute atomic E-state index is 0.0330. The van der Waals surface area contributed by atoms with E-state index < -0.39 is 71.6 Å². The summed E-state index contributed by atoms with van der Waals surface area (Å²) >= 11 is 1.36. The molecule has 2 aromatic rings. The van der Waals surface area contributed by atoms with Crippen LogP contribution < -0.4 is 22.7 Å². The van der Waals surface area contributed by atoms with E-state index in [1.54, 1.807) is 0 Å². The fraction of sp³-hybridized carbons (Fsp3) is 0.711. The number of nitrogen functional groups attached to an aromatic ring is 1. The summed E-state index contributed by atoms with van der Waals surface area (Å²) in [5.74, 6) is -1.96. The number of H-pyrrole nitrogens is 1. The van der Waals surface area contributed by atoms with E-state index in [1.807, 2.05) is 0 Å². The average molecular weight is 794 g/mol. The second-order valence-corrected chi connectivity index (χ2v) is 15.5. The van der Waals surface area contributed by atoms with Gasteiger partial charge in [0.2, 0.25) is 0 Å². The highest BCUT2D eigenvalue weighted by Crippen LogP contribution is 2.32. The lowest BCUT2D eigenvalue weighted by molar-refractivity contribution is -0.156. The van der Waals surface area contributed by atoms with E-state index in [-0.39, 0.29) is 49.5 Å². The van der Waals surface area contributed by atoms with Crippen molar-refractivity contribution in [3.05, 3.63) is 55.3 Å². The monoisotopic (exact) mass is 793 g/mol. The highest BCUT2D eigenvalue weighted by atomic mass is 32.2. The van der Waals surface area contributed by atoms with Crippen molar-refractivity contribution in [2.45, 2.75) is 147 Å². The number of thioether (sulfide) groups is 1. The molecule has 0 bridgehead atoms. The van der Waals surface area contributed by atoms with Crippen LogP contribution in [0.25, 0.3) is 0 Å². The molecule has 15 nitrogen and oxygen atoms in total. The largest absolute Gasteiger partial charge is 0.463 e. The van der Waals surface area contributed by atoms with Crippen LogP contribution in [0.15, 0.2) is 32.8 Å². The molecular weight excluding hydrogens is 738 g/mol. The Hall–Kier alpha value is -3.83. The van der Waals surface area contributed by atoms with Gasteiger partial charge in [0.05, 0.1) is 5.92 Å². The van der Waals surface area contributed by atoms with Gasteiger partial charge in [0.15, 0.2) is 0 Å². The molecule has 2 aliphatic rings. The predicted octanol–water partition coefficient (Wildman–Crippen LogP) is 5.04. The summed E-state index contributed by atoms with van der Waals surface area (Å²) in [7, 11) is 0. The molecule has 0 aliphatic carbocycles. The topological polar surface area (TPSA) is 204 Å². The number of hydrogen-bond acceptors (Lipinski definition) is 13. The van der Waals surface area contributed by atoms with E-state index in [0.717, 1.165) is 23.8 Å². The Morgan fingerprint density at radius 3 is 2.35 bits per heavy atom. The molecule has 2 aliphatic heterocycles. The molecule has 306 valence electrons. The number of carbonyl (C=O) groups is 3. The number of rotatable bonds is 24. The molecule has 2 aromatic heterocycles. The van der Waals surface area contributed by atoms with Crippen molar-refractivity contribution in [2.75, 3.05) is 24.7 Å². The number of aryl methyl sites for hydroxylation is 1. The molecule has 0 spiro atoms. The summed E-state index contributed by atoms with van der Waals surface area (Å²) in [6.45, 7) is 3.15. The quantitative estimate of drug-likeness (QED) is 0.106. The molecule has 0 aromatic carbocycles. The number of nitrogens with one attached hydrogen (secondary N) is 1. The van der Waals surface area contributed by atoms with Gasteiger partial charge >= 0.3 is 23.3 Å². The minimum atomic E-state index is -1.57. The predicted molar refractivity (Wildman–Crippen MR) is 204 cm³/mol. The number of Topliss-reactive ketones (excluding diaryl/α,β-unsaturated/α-hetero) is 1. The van der Waals surface area contributed by atoms with Crippen molar-refractivity contribution in [1.82, 2.24) is 19.1 Å². The third kappa shape index (κ3) is 14.3. The minimum Gasteiger partial charge on any atom is -0.463 e.